The maximum absolute atomic E-state index is 15.1. The molecule has 0 radical (unpaired) electrons. The van der Waals surface area contributed by atoms with Gasteiger partial charge in [-0.2, -0.15) is 0 Å². The lowest BCUT2D eigenvalue weighted by atomic mass is 9.99. The summed E-state index contributed by atoms with van der Waals surface area (Å²) >= 11 is 0. The summed E-state index contributed by atoms with van der Waals surface area (Å²) in [7, 11) is 1.92. The molecule has 0 amide bonds. The van der Waals surface area contributed by atoms with Gasteiger partial charge < -0.3 is 25.6 Å². The molecule has 0 atom stereocenters. The molecule has 4 aromatic rings. The Hall–Kier alpha value is -3.82. The van der Waals surface area contributed by atoms with Crippen LogP contribution < -0.4 is 21.1 Å². The number of aromatic amines is 1. The highest BCUT2D eigenvalue weighted by Crippen LogP contribution is 2.46. The minimum Gasteiger partial charge on any atom is -0.393 e. The van der Waals surface area contributed by atoms with Crippen molar-refractivity contribution in [3.63, 3.8) is 0 Å². The monoisotopic (exact) mass is 500 g/mol. The van der Waals surface area contributed by atoms with E-state index in [1.165, 1.54) is 6.07 Å². The smallest absolute Gasteiger partial charge is 0.259 e. The first kappa shape index (κ1) is 23.6. The van der Waals surface area contributed by atoms with Crippen LogP contribution in [0.15, 0.2) is 59.7 Å². The normalized spacial score (nSPS) is 17.2. The molecule has 1 aliphatic carbocycles. The van der Waals surface area contributed by atoms with Crippen LogP contribution >= 0.6 is 0 Å². The molecular formula is C28H29FN6O2. The van der Waals surface area contributed by atoms with Gasteiger partial charge in [0.05, 0.1) is 40.3 Å². The Morgan fingerprint density at radius 3 is 2.65 bits per heavy atom. The van der Waals surface area contributed by atoms with Crippen LogP contribution in [0.1, 0.15) is 31.2 Å². The molecule has 0 unspecified atom stereocenters. The van der Waals surface area contributed by atoms with Crippen molar-refractivity contribution in [2.45, 2.75) is 37.3 Å². The summed E-state index contributed by atoms with van der Waals surface area (Å²) in [4.78, 5) is 26.9. The first-order valence-electron chi connectivity index (χ1n) is 12.6. The van der Waals surface area contributed by atoms with Crippen LogP contribution in [-0.2, 0) is 5.54 Å². The van der Waals surface area contributed by atoms with Crippen LogP contribution in [0.25, 0.3) is 22.2 Å². The predicted molar refractivity (Wildman–Crippen MR) is 143 cm³/mol. The van der Waals surface area contributed by atoms with Crippen molar-refractivity contribution in [3.8, 4) is 11.3 Å². The Bertz CT molecular complexity index is 1510. The summed E-state index contributed by atoms with van der Waals surface area (Å²) in [5.41, 5.74) is 3.40. The van der Waals surface area contributed by atoms with Gasteiger partial charge in [0.15, 0.2) is 0 Å². The second-order valence-electron chi connectivity index (χ2n) is 9.89. The van der Waals surface area contributed by atoms with E-state index in [-0.39, 0.29) is 23.0 Å². The van der Waals surface area contributed by atoms with E-state index in [0.717, 1.165) is 50.0 Å². The zero-order valence-electron chi connectivity index (χ0n) is 20.6. The second kappa shape index (κ2) is 9.24. The van der Waals surface area contributed by atoms with Crippen LogP contribution in [0.2, 0.25) is 0 Å². The number of anilines is 3. The van der Waals surface area contributed by atoms with Gasteiger partial charge in [-0.1, -0.05) is 6.07 Å². The molecule has 0 spiro atoms. The number of nitrogens with zero attached hydrogens (tertiary/aromatic N) is 3. The summed E-state index contributed by atoms with van der Waals surface area (Å²) in [6.07, 6.45) is 6.56. The summed E-state index contributed by atoms with van der Waals surface area (Å²) in [5, 5.41) is 16.8. The van der Waals surface area contributed by atoms with E-state index < -0.39 is 0 Å². The maximum atomic E-state index is 15.1. The molecule has 4 heterocycles. The van der Waals surface area contributed by atoms with Gasteiger partial charge in [0, 0.05) is 30.4 Å². The van der Waals surface area contributed by atoms with Crippen molar-refractivity contribution in [1.82, 2.24) is 20.3 Å². The van der Waals surface area contributed by atoms with Crippen molar-refractivity contribution < 1.29 is 9.50 Å². The predicted octanol–water partition coefficient (Wildman–Crippen LogP) is 4.04. The largest absolute Gasteiger partial charge is 0.393 e. The quantitative estimate of drug-likeness (QED) is 0.317. The van der Waals surface area contributed by atoms with Crippen LogP contribution in [-0.4, -0.2) is 46.3 Å². The summed E-state index contributed by atoms with van der Waals surface area (Å²) in [5.74, 6) is 0.191. The molecule has 190 valence electrons. The van der Waals surface area contributed by atoms with Crippen molar-refractivity contribution in [2.75, 3.05) is 30.4 Å². The van der Waals surface area contributed by atoms with E-state index in [2.05, 4.69) is 30.5 Å². The van der Waals surface area contributed by atoms with Crippen LogP contribution in [0.4, 0.5) is 21.6 Å². The molecule has 2 aliphatic rings. The summed E-state index contributed by atoms with van der Waals surface area (Å²) in [6, 6.07) is 12.4. The van der Waals surface area contributed by atoms with E-state index in [9.17, 15) is 9.90 Å². The third kappa shape index (κ3) is 4.45. The third-order valence-corrected chi connectivity index (χ3v) is 7.59. The number of aliphatic hydroxyl groups excluding tert-OH is 1. The molecule has 8 nitrogen and oxygen atoms in total. The molecule has 0 bridgehead atoms. The minimum absolute atomic E-state index is 0.115. The van der Waals surface area contributed by atoms with Crippen molar-refractivity contribution >= 4 is 28.1 Å². The number of hydrogen-bond acceptors (Lipinski definition) is 7. The maximum Gasteiger partial charge on any atom is 0.259 e. The van der Waals surface area contributed by atoms with Gasteiger partial charge in [0.1, 0.15) is 11.6 Å². The zero-order chi connectivity index (χ0) is 25.6. The Kier molecular flexibility index (Phi) is 5.89. The number of pyridine rings is 3. The number of fused-ring (bicyclic) bond motifs is 1. The lowest BCUT2D eigenvalue weighted by molar-refractivity contribution is 0.145. The molecule has 2 fully saturated rings. The highest BCUT2D eigenvalue weighted by molar-refractivity contribution is 5.94. The fraction of sp³-hybridized carbons (Fsp3) is 0.321. The lowest BCUT2D eigenvalue weighted by Crippen LogP contribution is -2.35. The SMILES string of the molecule is CNC1(c2ccc(F)c(-c3cc(Nc4ccc(N5CCC(O)CC5)cn4)c4c(=O)[nH]ccc4n3)c2)CC1. The molecule has 9 heteroatoms. The molecule has 1 aliphatic heterocycles. The molecule has 6 rings (SSSR count). The molecule has 37 heavy (non-hydrogen) atoms. The first-order chi connectivity index (χ1) is 18.0. The second-order valence-corrected chi connectivity index (χ2v) is 9.89. The van der Waals surface area contributed by atoms with Gasteiger partial charge in [0.2, 0.25) is 0 Å². The Labute approximate surface area is 213 Å². The third-order valence-electron chi connectivity index (χ3n) is 7.59. The average molecular weight is 501 g/mol. The topological polar surface area (TPSA) is 106 Å². The molecule has 1 aromatic carbocycles. The average Bonchev–Trinajstić information content (AvgIpc) is 3.71. The number of rotatable bonds is 6. The number of piperidine rings is 1. The van der Waals surface area contributed by atoms with E-state index in [0.29, 0.717) is 33.7 Å². The number of hydrogen-bond donors (Lipinski definition) is 4. The van der Waals surface area contributed by atoms with Gasteiger partial charge in [-0.3, -0.25) is 4.79 Å². The fourth-order valence-corrected chi connectivity index (χ4v) is 5.17. The number of aliphatic hydroxyl groups is 1. The summed E-state index contributed by atoms with van der Waals surface area (Å²) < 4.78 is 15.1. The standard InChI is InChI=1S/C28H29FN6O2/c1-30-28(9-10-28)17-2-4-21(29)20(14-17)23-15-24(26-22(33-23)6-11-31-27(26)37)34-25-5-3-18(16-32-25)35-12-7-19(36)8-13-35/h2-6,11,14-16,19,30,36H,7-10,12-13H2,1H3,(H,31,37)(H,32,33,34). The Morgan fingerprint density at radius 1 is 1.14 bits per heavy atom. The molecule has 3 aromatic heterocycles. The lowest BCUT2D eigenvalue weighted by Gasteiger charge is -2.31. The van der Waals surface area contributed by atoms with Gasteiger partial charge >= 0.3 is 0 Å². The number of benzene rings is 1. The number of nitrogens with one attached hydrogen (secondary N) is 3. The van der Waals surface area contributed by atoms with Crippen LogP contribution in [0.5, 0.6) is 0 Å². The van der Waals surface area contributed by atoms with Gasteiger partial charge in [-0.15, -0.1) is 0 Å². The molecular weight excluding hydrogens is 471 g/mol. The van der Waals surface area contributed by atoms with Crippen molar-refractivity contribution in [3.05, 3.63) is 76.6 Å². The highest BCUT2D eigenvalue weighted by atomic mass is 19.1. The van der Waals surface area contributed by atoms with Crippen molar-refractivity contribution in [2.24, 2.45) is 0 Å². The molecule has 4 N–H and O–H groups in total. The molecule has 1 saturated heterocycles. The minimum atomic E-state index is -0.368. The van der Waals surface area contributed by atoms with E-state index >= 15 is 4.39 Å². The van der Waals surface area contributed by atoms with E-state index in [1.54, 1.807) is 24.5 Å². The zero-order valence-corrected chi connectivity index (χ0v) is 20.6. The number of aromatic nitrogens is 3. The first-order valence-corrected chi connectivity index (χ1v) is 12.6. The van der Waals surface area contributed by atoms with Crippen LogP contribution in [0, 0.1) is 5.82 Å². The van der Waals surface area contributed by atoms with Gasteiger partial charge in [-0.25, -0.2) is 14.4 Å². The van der Waals surface area contributed by atoms with Crippen LogP contribution in [0.3, 0.4) is 0 Å². The van der Waals surface area contributed by atoms with E-state index in [4.69, 9.17) is 0 Å². The Morgan fingerprint density at radius 2 is 1.95 bits per heavy atom. The van der Waals surface area contributed by atoms with Crippen molar-refractivity contribution in [1.29, 1.82) is 0 Å². The van der Waals surface area contributed by atoms with Gasteiger partial charge in [-0.05, 0) is 74.7 Å². The number of H-pyrrole nitrogens is 1. The Balaban J connectivity index is 1.37. The fourth-order valence-electron chi connectivity index (χ4n) is 5.17. The van der Waals surface area contributed by atoms with E-state index in [1.807, 2.05) is 31.3 Å². The highest BCUT2D eigenvalue weighted by Gasteiger charge is 2.43. The number of halogens is 1. The summed E-state index contributed by atoms with van der Waals surface area (Å²) in [6.45, 7) is 1.56. The van der Waals surface area contributed by atoms with Gasteiger partial charge in [0.25, 0.3) is 5.56 Å². The molecule has 1 saturated carbocycles.